The van der Waals surface area contributed by atoms with Gasteiger partial charge in [-0.25, -0.2) is 0 Å². The SMILES string of the molecule is CN(C)/N=C/C1(C)Cc2cc(NC(=O)C(F)(F)F)ccc2O1. The molecule has 8 heteroatoms. The smallest absolute Gasteiger partial charge is 0.471 e. The summed E-state index contributed by atoms with van der Waals surface area (Å²) >= 11 is 0. The lowest BCUT2D eigenvalue weighted by atomic mass is 10.0. The zero-order chi connectivity index (χ0) is 16.5. The Morgan fingerprint density at radius 3 is 2.73 bits per heavy atom. The van der Waals surface area contributed by atoms with E-state index in [2.05, 4.69) is 5.10 Å². The van der Waals surface area contributed by atoms with E-state index in [1.54, 1.807) is 25.3 Å². The Morgan fingerprint density at radius 2 is 2.14 bits per heavy atom. The number of hydrogen-bond acceptors (Lipinski definition) is 4. The third-order valence-electron chi connectivity index (χ3n) is 3.02. The van der Waals surface area contributed by atoms with Crippen molar-refractivity contribution >= 4 is 17.8 Å². The number of amides is 1. The van der Waals surface area contributed by atoms with Crippen LogP contribution in [0.25, 0.3) is 0 Å². The molecule has 0 radical (unpaired) electrons. The molecule has 0 spiro atoms. The van der Waals surface area contributed by atoms with Gasteiger partial charge in [-0.1, -0.05) is 0 Å². The van der Waals surface area contributed by atoms with Crippen molar-refractivity contribution in [1.29, 1.82) is 0 Å². The molecule has 1 unspecified atom stereocenters. The van der Waals surface area contributed by atoms with Crippen LogP contribution in [0.4, 0.5) is 18.9 Å². The molecular formula is C14H16F3N3O2. The second-order valence-corrected chi connectivity index (χ2v) is 5.46. The van der Waals surface area contributed by atoms with E-state index in [-0.39, 0.29) is 5.69 Å². The van der Waals surface area contributed by atoms with E-state index in [1.807, 2.05) is 12.2 Å². The zero-order valence-electron chi connectivity index (χ0n) is 12.4. The highest BCUT2D eigenvalue weighted by atomic mass is 19.4. The van der Waals surface area contributed by atoms with Gasteiger partial charge in [-0.05, 0) is 25.1 Å². The summed E-state index contributed by atoms with van der Waals surface area (Å²) in [7, 11) is 3.54. The molecular weight excluding hydrogens is 299 g/mol. The van der Waals surface area contributed by atoms with Crippen molar-refractivity contribution in [2.24, 2.45) is 5.10 Å². The summed E-state index contributed by atoms with van der Waals surface area (Å²) in [6.07, 6.45) is -2.82. The average molecular weight is 315 g/mol. The van der Waals surface area contributed by atoms with Gasteiger partial charge in [0, 0.05) is 31.8 Å². The van der Waals surface area contributed by atoms with Gasteiger partial charge < -0.3 is 15.1 Å². The van der Waals surface area contributed by atoms with Gasteiger partial charge in [-0.3, -0.25) is 4.79 Å². The first kappa shape index (κ1) is 16.1. The summed E-state index contributed by atoms with van der Waals surface area (Å²) < 4.78 is 42.5. The van der Waals surface area contributed by atoms with Crippen LogP contribution in [0, 0.1) is 0 Å². The molecule has 5 nitrogen and oxygen atoms in total. The minimum Gasteiger partial charge on any atom is -0.481 e. The normalized spacial score (nSPS) is 20.6. The van der Waals surface area contributed by atoms with Crippen molar-refractivity contribution in [2.75, 3.05) is 19.4 Å². The van der Waals surface area contributed by atoms with Gasteiger partial charge in [0.05, 0.1) is 6.21 Å². The second kappa shape index (κ2) is 5.51. The van der Waals surface area contributed by atoms with E-state index >= 15 is 0 Å². The van der Waals surface area contributed by atoms with Crippen LogP contribution >= 0.6 is 0 Å². The third kappa shape index (κ3) is 3.69. The van der Waals surface area contributed by atoms with Gasteiger partial charge in [0.2, 0.25) is 0 Å². The molecule has 0 saturated carbocycles. The van der Waals surface area contributed by atoms with Gasteiger partial charge in [-0.2, -0.15) is 18.3 Å². The molecule has 0 aromatic heterocycles. The van der Waals surface area contributed by atoms with Gasteiger partial charge in [-0.15, -0.1) is 0 Å². The number of nitrogens with zero attached hydrogens (tertiary/aromatic N) is 2. The zero-order valence-corrected chi connectivity index (χ0v) is 12.4. The van der Waals surface area contributed by atoms with Gasteiger partial charge in [0.15, 0.2) is 0 Å². The minimum atomic E-state index is -4.91. The molecule has 1 aromatic carbocycles. The number of anilines is 1. The largest absolute Gasteiger partial charge is 0.481 e. The standard InChI is InChI=1S/C14H16F3N3O2/c1-13(8-18-20(2)3)7-9-6-10(4-5-11(9)22-13)19-12(21)14(15,16)17/h4-6,8H,7H2,1-3H3,(H,19,21)/b18-8+. The van der Waals surface area contributed by atoms with E-state index in [0.29, 0.717) is 17.7 Å². The molecule has 1 N–H and O–H groups in total. The molecule has 1 aliphatic rings. The lowest BCUT2D eigenvalue weighted by molar-refractivity contribution is -0.167. The van der Waals surface area contributed by atoms with Gasteiger partial charge in [0.25, 0.3) is 0 Å². The number of carbonyl (C=O) groups excluding carboxylic acids is 1. The summed E-state index contributed by atoms with van der Waals surface area (Å²) in [5.74, 6) is -1.43. The van der Waals surface area contributed by atoms with E-state index in [1.165, 1.54) is 18.2 Å². The molecule has 1 aliphatic heterocycles. The lowest BCUT2D eigenvalue weighted by Gasteiger charge is -2.19. The number of nitrogens with one attached hydrogen (secondary N) is 1. The monoisotopic (exact) mass is 315 g/mol. The Bertz CT molecular complexity index is 614. The molecule has 1 aromatic rings. The number of benzene rings is 1. The topological polar surface area (TPSA) is 53.9 Å². The van der Waals surface area contributed by atoms with Crippen LogP contribution in [0.2, 0.25) is 0 Å². The molecule has 120 valence electrons. The van der Waals surface area contributed by atoms with Gasteiger partial charge in [0.1, 0.15) is 11.4 Å². The lowest BCUT2D eigenvalue weighted by Crippen LogP contribution is -2.32. The van der Waals surface area contributed by atoms with Crippen molar-refractivity contribution in [3.05, 3.63) is 23.8 Å². The molecule has 0 fully saturated rings. The quantitative estimate of drug-likeness (QED) is 0.688. The van der Waals surface area contributed by atoms with Crippen molar-refractivity contribution in [3.63, 3.8) is 0 Å². The number of halogens is 3. The van der Waals surface area contributed by atoms with E-state index in [9.17, 15) is 18.0 Å². The predicted molar refractivity (Wildman–Crippen MR) is 76.0 cm³/mol. The van der Waals surface area contributed by atoms with E-state index < -0.39 is 17.7 Å². The first-order chi connectivity index (χ1) is 10.1. The summed E-state index contributed by atoms with van der Waals surface area (Å²) in [5, 5.41) is 7.57. The van der Waals surface area contributed by atoms with Crippen LogP contribution in [0.5, 0.6) is 5.75 Å². The number of rotatable bonds is 3. The van der Waals surface area contributed by atoms with Crippen LogP contribution in [-0.2, 0) is 11.2 Å². The summed E-state index contributed by atoms with van der Waals surface area (Å²) in [6, 6.07) is 4.39. The molecule has 1 atom stereocenters. The second-order valence-electron chi connectivity index (χ2n) is 5.46. The summed E-state index contributed by atoms with van der Waals surface area (Å²) in [5.41, 5.74) is 0.130. The Labute approximate surface area is 125 Å². The maximum atomic E-state index is 12.2. The first-order valence-electron chi connectivity index (χ1n) is 6.52. The number of hydrogen-bond donors (Lipinski definition) is 1. The molecule has 2 rings (SSSR count). The van der Waals surface area contributed by atoms with Crippen molar-refractivity contribution in [2.45, 2.75) is 25.1 Å². The van der Waals surface area contributed by atoms with Crippen LogP contribution in [0.1, 0.15) is 12.5 Å². The van der Waals surface area contributed by atoms with Crippen molar-refractivity contribution in [3.8, 4) is 5.75 Å². The highest BCUT2D eigenvalue weighted by molar-refractivity contribution is 5.95. The number of carbonyl (C=O) groups is 1. The van der Waals surface area contributed by atoms with Crippen molar-refractivity contribution < 1.29 is 22.7 Å². The van der Waals surface area contributed by atoms with Crippen LogP contribution in [0.15, 0.2) is 23.3 Å². The molecule has 22 heavy (non-hydrogen) atoms. The van der Waals surface area contributed by atoms with E-state index in [0.717, 1.165) is 0 Å². The molecule has 1 heterocycles. The Balaban J connectivity index is 2.14. The summed E-state index contributed by atoms with van der Waals surface area (Å²) in [6.45, 7) is 1.83. The maximum absolute atomic E-state index is 12.2. The summed E-state index contributed by atoms with van der Waals surface area (Å²) in [4.78, 5) is 10.9. The average Bonchev–Trinajstić information content (AvgIpc) is 2.71. The third-order valence-corrected chi connectivity index (χ3v) is 3.02. The van der Waals surface area contributed by atoms with Crippen LogP contribution in [-0.4, -0.2) is 43.0 Å². The first-order valence-corrected chi connectivity index (χ1v) is 6.52. The Morgan fingerprint density at radius 1 is 1.45 bits per heavy atom. The fourth-order valence-corrected chi connectivity index (χ4v) is 2.07. The fraction of sp³-hybridized carbons (Fsp3) is 0.429. The Hall–Kier alpha value is -2.25. The van der Waals surface area contributed by atoms with Crippen LogP contribution in [0.3, 0.4) is 0 Å². The Kier molecular flexibility index (Phi) is 4.04. The van der Waals surface area contributed by atoms with E-state index in [4.69, 9.17) is 4.74 Å². The fourth-order valence-electron chi connectivity index (χ4n) is 2.07. The van der Waals surface area contributed by atoms with Crippen LogP contribution < -0.4 is 10.1 Å². The molecule has 0 aliphatic carbocycles. The minimum absolute atomic E-state index is 0.0819. The molecule has 0 saturated heterocycles. The maximum Gasteiger partial charge on any atom is 0.471 e. The van der Waals surface area contributed by atoms with Gasteiger partial charge >= 0.3 is 12.1 Å². The molecule has 0 bridgehead atoms. The number of hydrazone groups is 1. The number of ether oxygens (including phenoxy) is 1. The highest BCUT2D eigenvalue weighted by Crippen LogP contribution is 2.36. The molecule has 1 amide bonds. The van der Waals surface area contributed by atoms with Crippen molar-refractivity contribution in [1.82, 2.24) is 5.01 Å². The number of alkyl halides is 3. The number of fused-ring (bicyclic) bond motifs is 1. The predicted octanol–water partition coefficient (Wildman–Crippen LogP) is 2.43. The highest BCUT2D eigenvalue weighted by Gasteiger charge is 2.39.